The minimum atomic E-state index is -0.324. The van der Waals surface area contributed by atoms with Gasteiger partial charge in [0.1, 0.15) is 0 Å². The third kappa shape index (κ3) is 3.80. The molecule has 5 nitrogen and oxygen atoms in total. The summed E-state index contributed by atoms with van der Waals surface area (Å²) >= 11 is 1.51. The van der Waals surface area contributed by atoms with Crippen LogP contribution in [0.25, 0.3) is 5.69 Å². The van der Waals surface area contributed by atoms with E-state index in [1.165, 1.54) is 11.3 Å². The number of para-hydroxylation sites is 1. The first-order valence-electron chi connectivity index (χ1n) is 7.92. The lowest BCUT2D eigenvalue weighted by atomic mass is 10.2. The lowest BCUT2D eigenvalue weighted by molar-refractivity contribution is -0.121. The fraction of sp³-hybridized carbons (Fsp3) is 0.158. The zero-order valence-electron chi connectivity index (χ0n) is 14.1. The van der Waals surface area contributed by atoms with Crippen molar-refractivity contribution in [1.29, 1.82) is 0 Å². The minimum absolute atomic E-state index is 0.243. The number of nitrogens with one attached hydrogen (secondary N) is 2. The summed E-state index contributed by atoms with van der Waals surface area (Å²) in [4.78, 5) is 25.3. The summed E-state index contributed by atoms with van der Waals surface area (Å²) in [7, 11) is 0. The van der Waals surface area contributed by atoms with E-state index in [4.69, 9.17) is 0 Å². The number of hydrogen-bond acceptors (Lipinski definition) is 3. The van der Waals surface area contributed by atoms with Crippen molar-refractivity contribution in [1.82, 2.24) is 15.4 Å². The number of carbonyl (C=O) groups is 2. The lowest BCUT2D eigenvalue weighted by Gasteiger charge is -2.10. The van der Waals surface area contributed by atoms with E-state index in [2.05, 4.69) is 10.9 Å². The smallest absolute Gasteiger partial charge is 0.271 e. The van der Waals surface area contributed by atoms with Gasteiger partial charge in [-0.25, -0.2) is 0 Å². The summed E-state index contributed by atoms with van der Waals surface area (Å²) in [5.41, 5.74) is 8.29. The zero-order valence-corrected chi connectivity index (χ0v) is 14.9. The molecule has 0 aliphatic carbocycles. The molecule has 0 aliphatic heterocycles. The van der Waals surface area contributed by atoms with Crippen LogP contribution in [0.3, 0.4) is 0 Å². The SMILES string of the molecule is Cc1cc(C(=O)NNC(=O)Cc2cccs2)c(C)n1-c1ccccc1. The van der Waals surface area contributed by atoms with Crippen molar-refractivity contribution >= 4 is 23.2 Å². The third-order valence-corrected chi connectivity index (χ3v) is 4.80. The van der Waals surface area contributed by atoms with Gasteiger partial charge in [-0.2, -0.15) is 0 Å². The molecular weight excluding hydrogens is 334 g/mol. The Kier molecular flexibility index (Phi) is 5.00. The predicted octanol–water partition coefficient (Wildman–Crippen LogP) is 3.16. The molecule has 128 valence electrons. The maximum absolute atomic E-state index is 12.4. The highest BCUT2D eigenvalue weighted by Gasteiger charge is 2.17. The van der Waals surface area contributed by atoms with Crippen LogP contribution in [0.15, 0.2) is 53.9 Å². The van der Waals surface area contributed by atoms with E-state index < -0.39 is 0 Å². The number of amides is 2. The van der Waals surface area contributed by atoms with Crippen LogP contribution in [-0.4, -0.2) is 16.4 Å². The number of hydrogen-bond donors (Lipinski definition) is 2. The lowest BCUT2D eigenvalue weighted by Crippen LogP contribution is -2.42. The molecule has 0 aliphatic rings. The van der Waals surface area contributed by atoms with Crippen molar-refractivity contribution in [3.05, 3.63) is 75.7 Å². The number of rotatable bonds is 4. The molecular formula is C19H19N3O2S. The van der Waals surface area contributed by atoms with Gasteiger partial charge in [0.15, 0.2) is 0 Å². The molecule has 3 rings (SSSR count). The zero-order chi connectivity index (χ0) is 17.8. The molecule has 6 heteroatoms. The van der Waals surface area contributed by atoms with Crippen LogP contribution < -0.4 is 10.9 Å². The van der Waals surface area contributed by atoms with E-state index in [1.54, 1.807) is 0 Å². The van der Waals surface area contributed by atoms with E-state index in [1.807, 2.05) is 72.3 Å². The second-order valence-electron chi connectivity index (χ2n) is 5.71. The molecule has 2 aromatic heterocycles. The fourth-order valence-electron chi connectivity index (χ4n) is 2.78. The molecule has 2 heterocycles. The number of aromatic nitrogens is 1. The highest BCUT2D eigenvalue weighted by Crippen LogP contribution is 2.20. The Morgan fingerprint density at radius 1 is 1.04 bits per heavy atom. The molecule has 3 aromatic rings. The van der Waals surface area contributed by atoms with Gasteiger partial charge in [-0.05, 0) is 43.5 Å². The van der Waals surface area contributed by atoms with E-state index in [0.717, 1.165) is 22.0 Å². The summed E-state index contributed by atoms with van der Waals surface area (Å²) in [5.74, 6) is -0.567. The highest BCUT2D eigenvalue weighted by atomic mass is 32.1. The van der Waals surface area contributed by atoms with Gasteiger partial charge in [-0.1, -0.05) is 24.3 Å². The maximum atomic E-state index is 12.4. The molecule has 0 saturated heterocycles. The molecule has 2 amide bonds. The van der Waals surface area contributed by atoms with Crippen molar-refractivity contribution in [2.45, 2.75) is 20.3 Å². The molecule has 0 radical (unpaired) electrons. The molecule has 0 atom stereocenters. The summed E-state index contributed by atoms with van der Waals surface area (Å²) in [6, 6.07) is 15.5. The number of nitrogens with zero attached hydrogens (tertiary/aromatic N) is 1. The van der Waals surface area contributed by atoms with Crippen LogP contribution >= 0.6 is 11.3 Å². The predicted molar refractivity (Wildman–Crippen MR) is 98.9 cm³/mol. The summed E-state index contributed by atoms with van der Waals surface area (Å²) in [6.07, 6.45) is 0.251. The van der Waals surface area contributed by atoms with Gasteiger partial charge in [0, 0.05) is 22.0 Å². The normalized spacial score (nSPS) is 10.5. The summed E-state index contributed by atoms with van der Waals surface area (Å²) in [5, 5.41) is 1.92. The first kappa shape index (κ1) is 17.0. The van der Waals surface area contributed by atoms with Crippen LogP contribution in [0, 0.1) is 13.8 Å². The fourth-order valence-corrected chi connectivity index (χ4v) is 3.48. The van der Waals surface area contributed by atoms with E-state index in [0.29, 0.717) is 5.56 Å². The average molecular weight is 353 g/mol. The van der Waals surface area contributed by atoms with Gasteiger partial charge in [-0.15, -0.1) is 11.3 Å². The van der Waals surface area contributed by atoms with Gasteiger partial charge >= 0.3 is 0 Å². The monoisotopic (exact) mass is 353 g/mol. The Labute approximate surface area is 150 Å². The van der Waals surface area contributed by atoms with Crippen molar-refractivity contribution in [3.63, 3.8) is 0 Å². The van der Waals surface area contributed by atoms with Gasteiger partial charge in [0.05, 0.1) is 12.0 Å². The van der Waals surface area contributed by atoms with E-state index in [-0.39, 0.29) is 18.2 Å². The van der Waals surface area contributed by atoms with Crippen LogP contribution in [0.2, 0.25) is 0 Å². The number of thiophene rings is 1. The Morgan fingerprint density at radius 2 is 1.80 bits per heavy atom. The van der Waals surface area contributed by atoms with E-state index >= 15 is 0 Å². The Bertz CT molecular complexity index is 883. The van der Waals surface area contributed by atoms with E-state index in [9.17, 15) is 9.59 Å². The molecule has 0 unspecified atom stereocenters. The summed E-state index contributed by atoms with van der Waals surface area (Å²) in [6.45, 7) is 3.84. The van der Waals surface area contributed by atoms with Crippen molar-refractivity contribution in [2.75, 3.05) is 0 Å². The highest BCUT2D eigenvalue weighted by molar-refractivity contribution is 7.10. The topological polar surface area (TPSA) is 63.1 Å². The summed E-state index contributed by atoms with van der Waals surface area (Å²) < 4.78 is 2.02. The molecule has 2 N–H and O–H groups in total. The van der Waals surface area contributed by atoms with Crippen molar-refractivity contribution in [2.24, 2.45) is 0 Å². The van der Waals surface area contributed by atoms with Gasteiger partial charge in [0.25, 0.3) is 5.91 Å². The second-order valence-corrected chi connectivity index (χ2v) is 6.75. The van der Waals surface area contributed by atoms with Crippen molar-refractivity contribution in [3.8, 4) is 5.69 Å². The van der Waals surface area contributed by atoms with Gasteiger partial charge < -0.3 is 4.57 Å². The number of aryl methyl sites for hydroxylation is 1. The third-order valence-electron chi connectivity index (χ3n) is 3.92. The molecule has 0 saturated carbocycles. The quantitative estimate of drug-likeness (QED) is 0.708. The van der Waals surface area contributed by atoms with Crippen LogP contribution in [0.5, 0.6) is 0 Å². The first-order chi connectivity index (χ1) is 12.1. The largest absolute Gasteiger partial charge is 0.318 e. The minimum Gasteiger partial charge on any atom is -0.318 e. The number of carbonyl (C=O) groups excluding carboxylic acids is 2. The van der Waals surface area contributed by atoms with Gasteiger partial charge in [-0.3, -0.25) is 20.4 Å². The molecule has 0 spiro atoms. The van der Waals surface area contributed by atoms with Crippen molar-refractivity contribution < 1.29 is 9.59 Å². The van der Waals surface area contributed by atoms with Gasteiger partial charge in [0.2, 0.25) is 5.91 Å². The number of benzene rings is 1. The number of hydrazine groups is 1. The first-order valence-corrected chi connectivity index (χ1v) is 8.80. The maximum Gasteiger partial charge on any atom is 0.271 e. The van der Waals surface area contributed by atoms with Crippen LogP contribution in [-0.2, 0) is 11.2 Å². The molecule has 0 fully saturated rings. The Hall–Kier alpha value is -2.86. The van der Waals surface area contributed by atoms with Crippen LogP contribution in [0.1, 0.15) is 26.6 Å². The Balaban J connectivity index is 1.69. The molecule has 1 aromatic carbocycles. The Morgan fingerprint density at radius 3 is 2.48 bits per heavy atom. The van der Waals surface area contributed by atoms with Crippen LogP contribution in [0.4, 0.5) is 0 Å². The molecule has 0 bridgehead atoms. The second kappa shape index (κ2) is 7.36. The average Bonchev–Trinajstić information content (AvgIpc) is 3.21. The molecule has 25 heavy (non-hydrogen) atoms. The standard InChI is InChI=1S/C19H19N3O2S/c1-13-11-17(14(2)22(13)15-7-4-3-5-8-15)19(24)21-20-18(23)12-16-9-6-10-25-16/h3-11H,12H2,1-2H3,(H,20,23)(H,21,24).